The summed E-state index contributed by atoms with van der Waals surface area (Å²) in [5.74, 6) is 3.15. The smallest absolute Gasteiger partial charge is 0.0995 e. The minimum Gasteiger partial charge on any atom is -0.467 e. The molecule has 0 atom stereocenters. The van der Waals surface area contributed by atoms with Crippen LogP contribution < -0.4 is 0 Å². The van der Waals surface area contributed by atoms with Gasteiger partial charge in [0.1, 0.15) is 0 Å². The number of rotatable bonds is 4. The van der Waals surface area contributed by atoms with Crippen LogP contribution in [-0.4, -0.2) is 0 Å². The zero-order valence-corrected chi connectivity index (χ0v) is 9.63. The van der Waals surface area contributed by atoms with Gasteiger partial charge in [0.25, 0.3) is 0 Å². The van der Waals surface area contributed by atoms with E-state index < -0.39 is 0 Å². The first-order chi connectivity index (χ1) is 7.27. The van der Waals surface area contributed by atoms with Gasteiger partial charge in [-0.3, -0.25) is 0 Å². The van der Waals surface area contributed by atoms with Crippen LogP contribution in [0.1, 0.15) is 51.4 Å². The molecular weight excluding hydrogens is 184 g/mol. The van der Waals surface area contributed by atoms with Crippen molar-refractivity contribution in [2.45, 2.75) is 51.4 Å². The Bertz CT molecular complexity index is 216. The molecule has 0 aromatic rings. The molecule has 0 bridgehead atoms. The second kappa shape index (κ2) is 4.87. The lowest BCUT2D eigenvalue weighted by molar-refractivity contribution is 0.220. The Kier molecular flexibility index (Phi) is 3.50. The lowest BCUT2D eigenvalue weighted by Crippen LogP contribution is -2.06. The van der Waals surface area contributed by atoms with E-state index in [1.54, 1.807) is 0 Å². The number of ether oxygens (including phenoxy) is 1. The summed E-state index contributed by atoms with van der Waals surface area (Å²) in [4.78, 5) is 0. The SMILES string of the molecule is C=C(OC(=C)C1CCCC1)C1CCCC1. The lowest BCUT2D eigenvalue weighted by Gasteiger charge is -2.19. The minimum atomic E-state index is 0.600. The van der Waals surface area contributed by atoms with Crippen molar-refractivity contribution in [1.82, 2.24) is 0 Å². The molecule has 0 N–H and O–H groups in total. The third kappa shape index (κ3) is 2.64. The van der Waals surface area contributed by atoms with E-state index in [0.29, 0.717) is 11.8 Å². The van der Waals surface area contributed by atoms with Crippen molar-refractivity contribution in [3.05, 3.63) is 24.7 Å². The van der Waals surface area contributed by atoms with Crippen LogP contribution in [0.5, 0.6) is 0 Å². The highest BCUT2D eigenvalue weighted by atomic mass is 16.5. The van der Waals surface area contributed by atoms with Crippen LogP contribution in [-0.2, 0) is 4.74 Å². The Balaban J connectivity index is 1.79. The molecule has 2 saturated carbocycles. The summed E-state index contributed by atoms with van der Waals surface area (Å²) in [6, 6.07) is 0. The predicted octanol–water partition coefficient (Wildman–Crippen LogP) is 4.41. The molecule has 0 amide bonds. The maximum atomic E-state index is 5.83. The molecule has 0 unspecified atom stereocenters. The largest absolute Gasteiger partial charge is 0.467 e. The number of hydrogen-bond donors (Lipinski definition) is 0. The Morgan fingerprint density at radius 1 is 0.733 bits per heavy atom. The van der Waals surface area contributed by atoms with Gasteiger partial charge in [-0.15, -0.1) is 0 Å². The summed E-state index contributed by atoms with van der Waals surface area (Å²) < 4.78 is 5.83. The maximum Gasteiger partial charge on any atom is 0.0995 e. The first-order valence-corrected chi connectivity index (χ1v) is 6.33. The molecule has 2 aliphatic carbocycles. The molecule has 15 heavy (non-hydrogen) atoms. The van der Waals surface area contributed by atoms with Crippen LogP contribution in [0.25, 0.3) is 0 Å². The van der Waals surface area contributed by atoms with Crippen molar-refractivity contribution >= 4 is 0 Å². The van der Waals surface area contributed by atoms with Crippen LogP contribution in [0.15, 0.2) is 24.7 Å². The molecule has 0 heterocycles. The molecule has 0 aliphatic heterocycles. The van der Waals surface area contributed by atoms with Crippen LogP contribution in [0, 0.1) is 11.8 Å². The van der Waals surface area contributed by atoms with E-state index in [0.717, 1.165) is 11.5 Å². The molecule has 84 valence electrons. The summed E-state index contributed by atoms with van der Waals surface area (Å²) >= 11 is 0. The Labute approximate surface area is 93.2 Å². The van der Waals surface area contributed by atoms with E-state index in [2.05, 4.69) is 13.2 Å². The Morgan fingerprint density at radius 3 is 1.40 bits per heavy atom. The fraction of sp³-hybridized carbons (Fsp3) is 0.714. The van der Waals surface area contributed by atoms with Crippen molar-refractivity contribution in [3.63, 3.8) is 0 Å². The first-order valence-electron chi connectivity index (χ1n) is 6.33. The fourth-order valence-corrected chi connectivity index (χ4v) is 2.83. The minimum absolute atomic E-state index is 0.600. The molecule has 0 spiro atoms. The lowest BCUT2D eigenvalue weighted by atomic mass is 10.1. The van der Waals surface area contributed by atoms with Crippen molar-refractivity contribution in [2.75, 3.05) is 0 Å². The number of hydrogen-bond acceptors (Lipinski definition) is 1. The van der Waals surface area contributed by atoms with E-state index in [4.69, 9.17) is 4.74 Å². The summed E-state index contributed by atoms with van der Waals surface area (Å²) in [6.45, 7) is 8.13. The molecule has 2 fully saturated rings. The third-order valence-corrected chi connectivity index (χ3v) is 3.88. The van der Waals surface area contributed by atoms with E-state index >= 15 is 0 Å². The summed E-state index contributed by atoms with van der Waals surface area (Å²) in [6.07, 6.45) is 10.4. The Hall–Kier alpha value is -0.720. The maximum absolute atomic E-state index is 5.83. The standard InChI is InChI=1S/C14H22O/c1-11(13-7-3-4-8-13)15-12(2)14-9-5-6-10-14/h13-14H,1-10H2. The van der Waals surface area contributed by atoms with E-state index in [1.807, 2.05) is 0 Å². The predicted molar refractivity (Wildman–Crippen MR) is 63.3 cm³/mol. The van der Waals surface area contributed by atoms with Crippen molar-refractivity contribution in [1.29, 1.82) is 0 Å². The van der Waals surface area contributed by atoms with Gasteiger partial charge in [0.2, 0.25) is 0 Å². The quantitative estimate of drug-likeness (QED) is 0.619. The average Bonchev–Trinajstić information content (AvgIpc) is 2.91. The Morgan fingerprint density at radius 2 is 1.07 bits per heavy atom. The van der Waals surface area contributed by atoms with Crippen LogP contribution in [0.2, 0.25) is 0 Å². The second-order valence-corrected chi connectivity index (χ2v) is 5.00. The highest BCUT2D eigenvalue weighted by Gasteiger charge is 2.23. The highest BCUT2D eigenvalue weighted by Crippen LogP contribution is 2.36. The van der Waals surface area contributed by atoms with Crippen LogP contribution in [0.4, 0.5) is 0 Å². The highest BCUT2D eigenvalue weighted by molar-refractivity contribution is 5.03. The molecular formula is C14H22O. The second-order valence-electron chi connectivity index (χ2n) is 5.00. The first kappa shape index (κ1) is 10.8. The van der Waals surface area contributed by atoms with E-state index in [1.165, 1.54) is 51.4 Å². The molecule has 0 radical (unpaired) electrons. The van der Waals surface area contributed by atoms with E-state index in [-0.39, 0.29) is 0 Å². The van der Waals surface area contributed by atoms with Crippen LogP contribution in [0.3, 0.4) is 0 Å². The molecule has 0 saturated heterocycles. The van der Waals surface area contributed by atoms with Gasteiger partial charge < -0.3 is 4.74 Å². The summed E-state index contributed by atoms with van der Waals surface area (Å²) in [7, 11) is 0. The van der Waals surface area contributed by atoms with Gasteiger partial charge >= 0.3 is 0 Å². The molecule has 1 heteroatoms. The average molecular weight is 206 g/mol. The van der Waals surface area contributed by atoms with Gasteiger partial charge in [0, 0.05) is 11.8 Å². The normalized spacial score (nSPS) is 23.2. The molecule has 0 aromatic heterocycles. The summed E-state index contributed by atoms with van der Waals surface area (Å²) in [5.41, 5.74) is 0. The molecule has 2 rings (SSSR count). The molecule has 1 nitrogen and oxygen atoms in total. The van der Waals surface area contributed by atoms with Gasteiger partial charge in [0.15, 0.2) is 0 Å². The van der Waals surface area contributed by atoms with Gasteiger partial charge in [0.05, 0.1) is 11.5 Å². The molecule has 2 aliphatic rings. The van der Waals surface area contributed by atoms with Gasteiger partial charge in [-0.1, -0.05) is 38.8 Å². The van der Waals surface area contributed by atoms with Crippen molar-refractivity contribution in [2.24, 2.45) is 11.8 Å². The van der Waals surface area contributed by atoms with Gasteiger partial charge in [-0.2, -0.15) is 0 Å². The summed E-state index contributed by atoms with van der Waals surface area (Å²) in [5, 5.41) is 0. The van der Waals surface area contributed by atoms with E-state index in [9.17, 15) is 0 Å². The fourth-order valence-electron chi connectivity index (χ4n) is 2.83. The van der Waals surface area contributed by atoms with Gasteiger partial charge in [-0.05, 0) is 25.7 Å². The third-order valence-electron chi connectivity index (χ3n) is 3.88. The zero-order valence-electron chi connectivity index (χ0n) is 9.63. The zero-order chi connectivity index (χ0) is 10.7. The topological polar surface area (TPSA) is 9.23 Å². The monoisotopic (exact) mass is 206 g/mol. The van der Waals surface area contributed by atoms with Gasteiger partial charge in [-0.25, -0.2) is 0 Å². The van der Waals surface area contributed by atoms with Crippen LogP contribution >= 0.6 is 0 Å². The van der Waals surface area contributed by atoms with Crippen molar-refractivity contribution in [3.8, 4) is 0 Å². The van der Waals surface area contributed by atoms with Crippen molar-refractivity contribution < 1.29 is 4.74 Å². The molecule has 0 aromatic carbocycles. The number of allylic oxidation sites excluding steroid dienone is 2.